The first kappa shape index (κ1) is 16.7. The van der Waals surface area contributed by atoms with Crippen molar-refractivity contribution in [2.45, 2.75) is 6.92 Å². The predicted octanol–water partition coefficient (Wildman–Crippen LogP) is 4.69. The zero-order valence-corrected chi connectivity index (χ0v) is 15.1. The van der Waals surface area contributed by atoms with Gasteiger partial charge in [-0.05, 0) is 42.8 Å². The molecular weight excluding hydrogens is 375 g/mol. The summed E-state index contributed by atoms with van der Waals surface area (Å²) in [6.07, 6.45) is 1.43. The molecule has 0 fully saturated rings. The lowest BCUT2D eigenvalue weighted by Crippen LogP contribution is -2.19. The van der Waals surface area contributed by atoms with Crippen molar-refractivity contribution in [1.82, 2.24) is 14.5 Å². The molecule has 0 bridgehead atoms. The summed E-state index contributed by atoms with van der Waals surface area (Å²) < 4.78 is 14.9. The molecule has 4 rings (SSSR count). The summed E-state index contributed by atoms with van der Waals surface area (Å²) in [7, 11) is 0. The molecule has 0 amide bonds. The van der Waals surface area contributed by atoms with Crippen LogP contribution >= 0.6 is 22.9 Å². The van der Waals surface area contributed by atoms with Crippen LogP contribution in [0.2, 0.25) is 5.02 Å². The third kappa shape index (κ3) is 2.95. The van der Waals surface area contributed by atoms with Crippen LogP contribution in [0.4, 0.5) is 15.2 Å². The van der Waals surface area contributed by atoms with Gasteiger partial charge in [-0.3, -0.25) is 9.36 Å². The van der Waals surface area contributed by atoms with Crippen molar-refractivity contribution in [2.24, 2.45) is 0 Å². The van der Waals surface area contributed by atoms with Crippen molar-refractivity contribution in [3.05, 3.63) is 75.5 Å². The number of nitrogens with one attached hydrogen (secondary N) is 1. The second-order valence-electron chi connectivity index (χ2n) is 5.63. The zero-order valence-electron chi connectivity index (χ0n) is 13.5. The van der Waals surface area contributed by atoms with E-state index in [4.69, 9.17) is 11.6 Å². The van der Waals surface area contributed by atoms with E-state index in [9.17, 15) is 9.18 Å². The molecule has 2 heterocycles. The molecule has 130 valence electrons. The molecule has 0 aliphatic heterocycles. The Morgan fingerprint density at radius 1 is 1.19 bits per heavy atom. The number of hydrogen-bond acceptors (Lipinski definition) is 5. The number of anilines is 2. The van der Waals surface area contributed by atoms with E-state index in [1.165, 1.54) is 34.4 Å². The molecule has 5 nitrogen and oxygen atoms in total. The van der Waals surface area contributed by atoms with Gasteiger partial charge in [0, 0.05) is 5.69 Å². The molecule has 0 unspecified atom stereocenters. The van der Waals surface area contributed by atoms with Gasteiger partial charge in [-0.2, -0.15) is 4.98 Å². The molecule has 0 aliphatic carbocycles. The first-order valence-corrected chi connectivity index (χ1v) is 8.88. The fourth-order valence-corrected chi connectivity index (χ4v) is 3.79. The number of aryl methyl sites for hydroxylation is 1. The summed E-state index contributed by atoms with van der Waals surface area (Å²) in [4.78, 5) is 21.5. The van der Waals surface area contributed by atoms with Crippen LogP contribution in [0, 0.1) is 12.7 Å². The summed E-state index contributed by atoms with van der Waals surface area (Å²) in [6, 6.07) is 11.3. The highest BCUT2D eigenvalue weighted by atomic mass is 35.5. The molecule has 2 aromatic heterocycles. The van der Waals surface area contributed by atoms with Gasteiger partial charge in [0.2, 0.25) is 0 Å². The first-order chi connectivity index (χ1) is 12.5. The summed E-state index contributed by atoms with van der Waals surface area (Å²) in [6.45, 7) is 1.88. The van der Waals surface area contributed by atoms with E-state index in [0.717, 1.165) is 5.56 Å². The summed E-state index contributed by atoms with van der Waals surface area (Å²) in [5.41, 5.74) is 2.26. The van der Waals surface area contributed by atoms with Gasteiger partial charge >= 0.3 is 0 Å². The standard InChI is InChI=1S/C18H12ClFN4OS/c1-10-3-2-4-13(19)14(10)24-9-21-16-15(17(24)25)26-18(23-16)22-12-7-5-11(20)6-8-12/h2-9H,1H3,(H,22,23). The van der Waals surface area contributed by atoms with E-state index in [-0.39, 0.29) is 11.4 Å². The Kier molecular flexibility index (Phi) is 4.18. The number of rotatable bonds is 3. The summed E-state index contributed by atoms with van der Waals surface area (Å²) >= 11 is 7.46. The Hall–Kier alpha value is -2.77. The van der Waals surface area contributed by atoms with Crippen molar-refractivity contribution in [1.29, 1.82) is 0 Å². The molecule has 0 atom stereocenters. The van der Waals surface area contributed by atoms with E-state index >= 15 is 0 Å². The summed E-state index contributed by atoms with van der Waals surface area (Å²) in [5.74, 6) is -0.320. The molecule has 4 aromatic rings. The molecule has 0 radical (unpaired) electrons. The number of benzene rings is 2. The molecule has 8 heteroatoms. The Balaban J connectivity index is 1.79. The molecule has 2 aromatic carbocycles. The van der Waals surface area contributed by atoms with Crippen LogP contribution < -0.4 is 10.9 Å². The minimum atomic E-state index is -0.320. The number of hydrogen-bond donors (Lipinski definition) is 1. The lowest BCUT2D eigenvalue weighted by molar-refractivity contribution is 0.628. The van der Waals surface area contributed by atoms with Crippen LogP contribution in [0.3, 0.4) is 0 Å². The second-order valence-corrected chi connectivity index (χ2v) is 7.03. The third-order valence-electron chi connectivity index (χ3n) is 3.84. The van der Waals surface area contributed by atoms with Crippen LogP contribution in [0.25, 0.3) is 16.0 Å². The quantitative estimate of drug-likeness (QED) is 0.555. The van der Waals surface area contributed by atoms with E-state index in [1.54, 1.807) is 18.2 Å². The van der Waals surface area contributed by atoms with Crippen molar-refractivity contribution >= 4 is 44.1 Å². The van der Waals surface area contributed by atoms with Gasteiger partial charge in [0.1, 0.15) is 16.8 Å². The monoisotopic (exact) mass is 386 g/mol. The Labute approximate surface area is 156 Å². The topological polar surface area (TPSA) is 59.8 Å². The van der Waals surface area contributed by atoms with Gasteiger partial charge in [-0.25, -0.2) is 9.37 Å². The number of thiazole rings is 1. The molecule has 1 N–H and O–H groups in total. The predicted molar refractivity (Wildman–Crippen MR) is 102 cm³/mol. The minimum absolute atomic E-state index is 0.240. The van der Waals surface area contributed by atoms with Crippen molar-refractivity contribution < 1.29 is 4.39 Å². The normalized spacial score (nSPS) is 11.0. The second kappa shape index (κ2) is 6.51. The smallest absolute Gasteiger partial charge is 0.277 e. The van der Waals surface area contributed by atoms with E-state index in [1.807, 2.05) is 19.1 Å². The van der Waals surface area contributed by atoms with Gasteiger partial charge in [-0.1, -0.05) is 35.1 Å². The molecule has 0 aliphatic rings. The highest BCUT2D eigenvalue weighted by Gasteiger charge is 2.14. The highest BCUT2D eigenvalue weighted by Crippen LogP contribution is 2.27. The fourth-order valence-electron chi connectivity index (χ4n) is 2.61. The van der Waals surface area contributed by atoms with Crippen LogP contribution in [-0.2, 0) is 0 Å². The van der Waals surface area contributed by atoms with Crippen molar-refractivity contribution in [3.8, 4) is 5.69 Å². The Morgan fingerprint density at radius 2 is 1.96 bits per heavy atom. The van der Waals surface area contributed by atoms with Crippen LogP contribution in [0.1, 0.15) is 5.56 Å². The van der Waals surface area contributed by atoms with Gasteiger partial charge in [0.25, 0.3) is 5.56 Å². The van der Waals surface area contributed by atoms with Gasteiger partial charge in [0.05, 0.1) is 10.7 Å². The van der Waals surface area contributed by atoms with Crippen molar-refractivity contribution in [3.63, 3.8) is 0 Å². The van der Waals surface area contributed by atoms with Crippen LogP contribution in [0.15, 0.2) is 53.6 Å². The van der Waals surface area contributed by atoms with Gasteiger partial charge < -0.3 is 5.32 Å². The number of para-hydroxylation sites is 1. The lowest BCUT2D eigenvalue weighted by atomic mass is 10.2. The average molecular weight is 387 g/mol. The van der Waals surface area contributed by atoms with Crippen LogP contribution in [-0.4, -0.2) is 14.5 Å². The van der Waals surface area contributed by atoms with E-state index < -0.39 is 0 Å². The third-order valence-corrected chi connectivity index (χ3v) is 5.10. The average Bonchev–Trinajstić information content (AvgIpc) is 3.02. The number of fused-ring (bicyclic) bond motifs is 1. The number of nitrogens with zero attached hydrogens (tertiary/aromatic N) is 3. The maximum absolute atomic E-state index is 13.0. The van der Waals surface area contributed by atoms with Gasteiger partial charge in [0.15, 0.2) is 10.8 Å². The number of halogens is 2. The first-order valence-electron chi connectivity index (χ1n) is 7.69. The maximum Gasteiger partial charge on any atom is 0.277 e. The molecule has 0 saturated heterocycles. The molecule has 0 spiro atoms. The zero-order chi connectivity index (χ0) is 18.3. The van der Waals surface area contributed by atoms with E-state index in [0.29, 0.717) is 31.9 Å². The number of aromatic nitrogens is 3. The molecule has 0 saturated carbocycles. The summed E-state index contributed by atoms with van der Waals surface area (Å²) in [5, 5.41) is 4.04. The molecule has 26 heavy (non-hydrogen) atoms. The molecular formula is C18H12ClFN4OS. The largest absolute Gasteiger partial charge is 0.331 e. The SMILES string of the molecule is Cc1cccc(Cl)c1-n1cnc2nc(Nc3ccc(F)cc3)sc2c1=O. The Bertz CT molecular complexity index is 1150. The van der Waals surface area contributed by atoms with Crippen molar-refractivity contribution in [2.75, 3.05) is 5.32 Å². The Morgan fingerprint density at radius 3 is 2.69 bits per heavy atom. The maximum atomic E-state index is 13.0. The van der Waals surface area contributed by atoms with Crippen LogP contribution in [0.5, 0.6) is 0 Å². The lowest BCUT2D eigenvalue weighted by Gasteiger charge is -2.10. The highest BCUT2D eigenvalue weighted by molar-refractivity contribution is 7.22. The van der Waals surface area contributed by atoms with Gasteiger partial charge in [-0.15, -0.1) is 0 Å². The fraction of sp³-hybridized carbons (Fsp3) is 0.0556. The minimum Gasteiger partial charge on any atom is -0.331 e. The van der Waals surface area contributed by atoms with E-state index in [2.05, 4.69) is 15.3 Å².